The third kappa shape index (κ3) is 5.24. The molecule has 9 heteroatoms. The van der Waals surface area contributed by atoms with Gasteiger partial charge in [-0.2, -0.15) is 0 Å². The van der Waals surface area contributed by atoms with Crippen molar-refractivity contribution in [3.05, 3.63) is 88.7 Å². The molecular formula is C24H20ClFN2O3S2. The first-order valence-electron chi connectivity index (χ1n) is 10.1. The number of hydrogen-bond donors (Lipinski definition) is 0. The minimum absolute atomic E-state index is 0.0171. The first-order valence-corrected chi connectivity index (χ1v) is 13.0. The van der Waals surface area contributed by atoms with E-state index in [1.54, 1.807) is 6.07 Å². The number of sulfone groups is 1. The Bertz CT molecular complexity index is 1410. The number of amides is 1. The van der Waals surface area contributed by atoms with Gasteiger partial charge < -0.3 is 0 Å². The molecule has 0 N–H and O–H groups in total. The number of nitrogens with zero attached hydrogens (tertiary/aromatic N) is 2. The number of fused-ring (bicyclic) bond motifs is 1. The molecule has 0 fully saturated rings. The molecule has 1 amide bonds. The molecule has 1 aromatic heterocycles. The summed E-state index contributed by atoms with van der Waals surface area (Å²) in [5, 5.41) is 1.06. The highest BCUT2D eigenvalue weighted by atomic mass is 35.5. The number of anilines is 1. The quantitative estimate of drug-likeness (QED) is 0.300. The summed E-state index contributed by atoms with van der Waals surface area (Å²) < 4.78 is 39.4. The molecule has 0 aliphatic carbocycles. The molecule has 33 heavy (non-hydrogen) atoms. The smallest absolute Gasteiger partial charge is 0.230 e. The number of halogens is 2. The number of carbonyl (C=O) groups excluding carboxylic acids is 1. The van der Waals surface area contributed by atoms with Crippen LogP contribution in [-0.2, 0) is 21.2 Å². The van der Waals surface area contributed by atoms with Gasteiger partial charge in [-0.25, -0.2) is 17.8 Å². The lowest BCUT2D eigenvalue weighted by atomic mass is 10.2. The minimum Gasteiger partial charge on any atom is -0.284 e. The summed E-state index contributed by atoms with van der Waals surface area (Å²) in [5.41, 5.74) is 2.43. The van der Waals surface area contributed by atoms with Gasteiger partial charge in [0, 0.05) is 11.4 Å². The van der Waals surface area contributed by atoms with Crippen molar-refractivity contribution in [3.63, 3.8) is 0 Å². The maximum absolute atomic E-state index is 13.3. The lowest BCUT2D eigenvalue weighted by Gasteiger charge is -2.20. The number of benzene rings is 3. The Kier molecular flexibility index (Phi) is 6.78. The third-order valence-electron chi connectivity index (χ3n) is 5.21. The molecule has 4 aromatic rings. The van der Waals surface area contributed by atoms with Crippen molar-refractivity contribution < 1.29 is 17.6 Å². The molecule has 1 heterocycles. The fourth-order valence-electron chi connectivity index (χ4n) is 3.35. The average Bonchev–Trinajstić information content (AvgIpc) is 3.24. The number of aryl methyl sites for hydroxylation is 1. The topological polar surface area (TPSA) is 67.3 Å². The minimum atomic E-state index is -3.75. The zero-order chi connectivity index (χ0) is 23.6. The van der Waals surface area contributed by atoms with Crippen LogP contribution in [-0.4, -0.2) is 25.1 Å². The van der Waals surface area contributed by atoms with Crippen LogP contribution in [0.4, 0.5) is 9.52 Å². The maximum atomic E-state index is 13.3. The first-order chi connectivity index (χ1) is 15.7. The molecule has 0 saturated carbocycles. The summed E-state index contributed by atoms with van der Waals surface area (Å²) in [4.78, 5) is 19.4. The van der Waals surface area contributed by atoms with Crippen LogP contribution in [0.25, 0.3) is 10.2 Å². The van der Waals surface area contributed by atoms with E-state index in [9.17, 15) is 17.6 Å². The second-order valence-electron chi connectivity index (χ2n) is 7.50. The Balaban J connectivity index is 1.62. The Hall–Kier alpha value is -2.81. The highest BCUT2D eigenvalue weighted by Gasteiger charge is 2.24. The molecule has 0 unspecified atom stereocenters. The van der Waals surface area contributed by atoms with Gasteiger partial charge in [-0.05, 0) is 54.4 Å². The molecule has 0 spiro atoms. The maximum Gasteiger partial charge on any atom is 0.230 e. The zero-order valence-corrected chi connectivity index (χ0v) is 20.1. The van der Waals surface area contributed by atoms with Crippen molar-refractivity contribution in [2.45, 2.75) is 24.8 Å². The monoisotopic (exact) mass is 502 g/mol. The van der Waals surface area contributed by atoms with Crippen molar-refractivity contribution in [3.8, 4) is 0 Å². The van der Waals surface area contributed by atoms with Crippen molar-refractivity contribution in [1.82, 2.24) is 4.98 Å². The first kappa shape index (κ1) is 23.4. The molecule has 0 bridgehead atoms. The highest BCUT2D eigenvalue weighted by molar-refractivity contribution is 7.91. The van der Waals surface area contributed by atoms with Crippen LogP contribution in [0.3, 0.4) is 0 Å². The fourth-order valence-corrected chi connectivity index (χ4v) is 5.77. The van der Waals surface area contributed by atoms with Crippen LogP contribution in [0, 0.1) is 12.7 Å². The van der Waals surface area contributed by atoms with Crippen LogP contribution in [0.5, 0.6) is 0 Å². The second-order valence-corrected chi connectivity index (χ2v) is 11.0. The van der Waals surface area contributed by atoms with Gasteiger partial charge in [0.2, 0.25) is 5.91 Å². The molecule has 4 rings (SSSR count). The number of aromatic nitrogens is 1. The molecule has 5 nitrogen and oxygen atoms in total. The van der Waals surface area contributed by atoms with Crippen molar-refractivity contribution in [2.75, 3.05) is 10.7 Å². The molecule has 0 aliphatic heterocycles. The summed E-state index contributed by atoms with van der Waals surface area (Å²) in [7, 11) is -3.75. The summed E-state index contributed by atoms with van der Waals surface area (Å²) in [6.45, 7) is 2.12. The molecule has 170 valence electrons. The fraction of sp³-hybridized carbons (Fsp3) is 0.167. The van der Waals surface area contributed by atoms with E-state index in [1.807, 2.05) is 43.3 Å². The van der Waals surface area contributed by atoms with Gasteiger partial charge in [0.25, 0.3) is 0 Å². The van der Waals surface area contributed by atoms with Gasteiger partial charge >= 0.3 is 0 Å². The molecule has 0 atom stereocenters. The predicted octanol–water partition coefficient (Wildman–Crippen LogP) is 5.79. The Labute approximate surface area is 200 Å². The summed E-state index contributed by atoms with van der Waals surface area (Å²) in [5.74, 6) is -1.28. The van der Waals surface area contributed by atoms with Gasteiger partial charge in [0.1, 0.15) is 5.82 Å². The third-order valence-corrected chi connectivity index (χ3v) is 8.39. The van der Waals surface area contributed by atoms with E-state index in [0.717, 1.165) is 28.0 Å². The van der Waals surface area contributed by atoms with Crippen LogP contribution < -0.4 is 4.90 Å². The standard InChI is InChI=1S/C24H20ClFN2O3S2/c1-16-20(25)11-12-21-23(16)27-24(32-21)28(15-17-5-3-2-4-6-17)22(29)13-14-33(30,31)19-9-7-18(26)8-10-19/h2-12H,13-15H2,1H3. The van der Waals surface area contributed by atoms with E-state index in [4.69, 9.17) is 11.6 Å². The van der Waals surface area contributed by atoms with Crippen LogP contribution in [0.2, 0.25) is 5.02 Å². The summed E-state index contributed by atoms with van der Waals surface area (Å²) in [6.07, 6.45) is -0.234. The number of thiazole rings is 1. The largest absolute Gasteiger partial charge is 0.284 e. The number of carbonyl (C=O) groups is 1. The van der Waals surface area contributed by atoms with Crippen LogP contribution in [0.15, 0.2) is 71.6 Å². The molecular weight excluding hydrogens is 483 g/mol. The molecule has 0 aliphatic rings. The summed E-state index contributed by atoms with van der Waals surface area (Å²) in [6, 6.07) is 17.7. The lowest BCUT2D eigenvalue weighted by molar-refractivity contribution is -0.118. The average molecular weight is 503 g/mol. The number of rotatable bonds is 7. The highest BCUT2D eigenvalue weighted by Crippen LogP contribution is 2.34. The SMILES string of the molecule is Cc1c(Cl)ccc2sc(N(Cc3ccccc3)C(=O)CCS(=O)(=O)c3ccc(F)cc3)nc12. The lowest BCUT2D eigenvalue weighted by Crippen LogP contribution is -2.31. The van der Waals surface area contributed by atoms with Gasteiger partial charge in [-0.3, -0.25) is 9.69 Å². The van der Waals surface area contributed by atoms with Crippen molar-refractivity contribution in [2.24, 2.45) is 0 Å². The molecule has 0 saturated heterocycles. The van der Waals surface area contributed by atoms with Gasteiger partial charge in [-0.1, -0.05) is 53.3 Å². The Morgan fingerprint density at radius 3 is 2.45 bits per heavy atom. The van der Waals surface area contributed by atoms with Crippen molar-refractivity contribution >= 4 is 54.0 Å². The Morgan fingerprint density at radius 1 is 1.06 bits per heavy atom. The predicted molar refractivity (Wildman–Crippen MR) is 130 cm³/mol. The van der Waals surface area contributed by atoms with Crippen molar-refractivity contribution in [1.29, 1.82) is 0 Å². The van der Waals surface area contributed by atoms with E-state index in [1.165, 1.54) is 28.4 Å². The van der Waals surface area contributed by atoms with Gasteiger partial charge in [0.15, 0.2) is 15.0 Å². The van der Waals surface area contributed by atoms with Gasteiger partial charge in [-0.15, -0.1) is 0 Å². The zero-order valence-electron chi connectivity index (χ0n) is 17.7. The molecule has 0 radical (unpaired) electrons. The van der Waals surface area contributed by atoms with E-state index in [-0.39, 0.29) is 23.8 Å². The second kappa shape index (κ2) is 9.59. The number of hydrogen-bond acceptors (Lipinski definition) is 5. The van der Waals surface area contributed by atoms with E-state index in [0.29, 0.717) is 15.7 Å². The Morgan fingerprint density at radius 2 is 1.76 bits per heavy atom. The van der Waals surface area contributed by atoms with Crippen LogP contribution in [0.1, 0.15) is 17.5 Å². The summed E-state index contributed by atoms with van der Waals surface area (Å²) >= 11 is 7.58. The van der Waals surface area contributed by atoms with Crippen LogP contribution >= 0.6 is 22.9 Å². The molecule has 3 aromatic carbocycles. The van der Waals surface area contributed by atoms with E-state index < -0.39 is 21.4 Å². The van der Waals surface area contributed by atoms with E-state index >= 15 is 0 Å². The van der Waals surface area contributed by atoms with E-state index in [2.05, 4.69) is 4.98 Å². The normalized spacial score (nSPS) is 11.6. The van der Waals surface area contributed by atoms with Gasteiger partial charge in [0.05, 0.1) is 27.4 Å².